The zero-order valence-corrected chi connectivity index (χ0v) is 14.8. The Bertz CT molecular complexity index is 782. The second kappa shape index (κ2) is 5.87. The number of hydrogen-bond donors (Lipinski definition) is 1. The molecule has 24 heavy (non-hydrogen) atoms. The predicted molar refractivity (Wildman–Crippen MR) is 92.9 cm³/mol. The van der Waals surface area contributed by atoms with Crippen LogP contribution in [0.1, 0.15) is 54.7 Å². The average Bonchev–Trinajstić information content (AvgIpc) is 3.10. The lowest BCUT2D eigenvalue weighted by molar-refractivity contribution is -0.121. The van der Waals surface area contributed by atoms with Crippen molar-refractivity contribution in [1.82, 2.24) is 19.9 Å². The zero-order valence-electron chi connectivity index (χ0n) is 14.8. The van der Waals surface area contributed by atoms with Crippen LogP contribution in [0.4, 0.5) is 0 Å². The number of nitrogens with one attached hydrogen (secondary N) is 1. The summed E-state index contributed by atoms with van der Waals surface area (Å²) in [6, 6.07) is 2.45. The highest BCUT2D eigenvalue weighted by Gasteiger charge is 2.51. The van der Waals surface area contributed by atoms with Gasteiger partial charge in [-0.2, -0.15) is 5.10 Å². The van der Waals surface area contributed by atoms with E-state index in [2.05, 4.69) is 22.3 Å². The number of carbonyl (C=O) groups excluding carboxylic acids is 1. The van der Waals surface area contributed by atoms with Crippen molar-refractivity contribution in [1.29, 1.82) is 0 Å². The van der Waals surface area contributed by atoms with Crippen molar-refractivity contribution >= 4 is 11.6 Å². The van der Waals surface area contributed by atoms with Crippen molar-refractivity contribution in [3.63, 3.8) is 0 Å². The Morgan fingerprint density at radius 3 is 2.67 bits per heavy atom. The molecule has 2 aliphatic carbocycles. The molecule has 0 saturated heterocycles. The van der Waals surface area contributed by atoms with Gasteiger partial charge in [0.2, 0.25) is 5.91 Å². The number of rotatable bonds is 4. The molecular weight excluding hydrogens is 300 g/mol. The molecule has 0 spiro atoms. The number of nitrogens with zero attached hydrogens (tertiary/aromatic N) is 3. The van der Waals surface area contributed by atoms with Gasteiger partial charge in [0.15, 0.2) is 5.65 Å². The van der Waals surface area contributed by atoms with Crippen molar-refractivity contribution in [2.45, 2.75) is 65.3 Å². The number of carbonyl (C=O) groups is 1. The molecule has 2 aliphatic rings. The predicted octanol–water partition coefficient (Wildman–Crippen LogP) is 2.89. The Balaban J connectivity index is 1.42. The minimum Gasteiger partial charge on any atom is -0.353 e. The molecule has 1 amide bonds. The molecule has 0 aromatic carbocycles. The summed E-state index contributed by atoms with van der Waals surface area (Å²) < 4.78 is 1.89. The van der Waals surface area contributed by atoms with Crippen LogP contribution in [0.15, 0.2) is 6.07 Å². The van der Waals surface area contributed by atoms with Gasteiger partial charge in [-0.15, -0.1) is 0 Å². The van der Waals surface area contributed by atoms with Gasteiger partial charge in [0.1, 0.15) is 0 Å². The highest BCUT2D eigenvalue weighted by molar-refractivity contribution is 5.77. The van der Waals surface area contributed by atoms with E-state index in [1.807, 2.05) is 24.4 Å². The molecule has 4 rings (SSSR count). The Morgan fingerprint density at radius 2 is 1.96 bits per heavy atom. The molecular formula is C19H26N4O. The summed E-state index contributed by atoms with van der Waals surface area (Å²) in [5, 5.41) is 7.77. The van der Waals surface area contributed by atoms with Crippen molar-refractivity contribution in [2.24, 2.45) is 11.8 Å². The van der Waals surface area contributed by atoms with Crippen molar-refractivity contribution in [2.75, 3.05) is 0 Å². The largest absolute Gasteiger partial charge is 0.353 e. The third kappa shape index (κ3) is 2.70. The zero-order chi connectivity index (χ0) is 16.8. The smallest absolute Gasteiger partial charge is 0.220 e. The minimum absolute atomic E-state index is 0.185. The van der Waals surface area contributed by atoms with Gasteiger partial charge < -0.3 is 5.32 Å². The number of aryl methyl sites for hydroxylation is 3. The van der Waals surface area contributed by atoms with Gasteiger partial charge >= 0.3 is 0 Å². The van der Waals surface area contributed by atoms with Crippen LogP contribution in [0, 0.1) is 32.6 Å². The van der Waals surface area contributed by atoms with Crippen LogP contribution in [0.5, 0.6) is 0 Å². The average molecular weight is 326 g/mol. The van der Waals surface area contributed by atoms with E-state index in [1.165, 1.54) is 25.7 Å². The van der Waals surface area contributed by atoms with Gasteiger partial charge in [0, 0.05) is 29.9 Å². The van der Waals surface area contributed by atoms with Crippen LogP contribution < -0.4 is 5.32 Å². The Hall–Kier alpha value is -1.91. The number of hydrogen-bond acceptors (Lipinski definition) is 3. The molecule has 2 aromatic rings. The van der Waals surface area contributed by atoms with Crippen LogP contribution in [0.25, 0.3) is 5.65 Å². The molecule has 0 aliphatic heterocycles. The standard InChI is InChI=1S/C19H26N4O/c1-11-10-17-20-12(2)14(13(3)23(17)22-11)8-9-18(24)21-19-15-6-4-5-7-16(15)19/h10,15-16,19H,4-9H2,1-3H3,(H,21,24)/t15-,16-/m1/s1. The molecule has 2 aromatic heterocycles. The summed E-state index contributed by atoms with van der Waals surface area (Å²) in [4.78, 5) is 17.0. The second-order valence-electron chi connectivity index (χ2n) is 7.52. The Labute approximate surface area is 142 Å². The lowest BCUT2D eigenvalue weighted by Crippen LogP contribution is -2.28. The SMILES string of the molecule is Cc1cc2nc(C)c(CCC(=O)NC3[C@@H]4CCCC[C@@H]34)c(C)n2n1. The lowest BCUT2D eigenvalue weighted by atomic mass is 10.0. The van der Waals surface area contributed by atoms with Gasteiger partial charge in [0.05, 0.1) is 5.69 Å². The fraction of sp³-hybridized carbons (Fsp3) is 0.632. The fourth-order valence-electron chi connectivity index (χ4n) is 4.51. The Morgan fingerprint density at radius 1 is 1.25 bits per heavy atom. The molecule has 2 saturated carbocycles. The molecule has 0 radical (unpaired) electrons. The molecule has 0 unspecified atom stereocenters. The van der Waals surface area contributed by atoms with E-state index in [4.69, 9.17) is 0 Å². The normalized spacial score (nSPS) is 25.5. The third-order valence-electron chi connectivity index (χ3n) is 5.87. The first-order valence-electron chi connectivity index (χ1n) is 9.16. The molecule has 128 valence electrons. The van der Waals surface area contributed by atoms with E-state index in [0.29, 0.717) is 12.5 Å². The molecule has 2 atom stereocenters. The maximum atomic E-state index is 12.3. The van der Waals surface area contributed by atoms with E-state index < -0.39 is 0 Å². The summed E-state index contributed by atoms with van der Waals surface area (Å²) in [5.41, 5.74) is 5.11. The van der Waals surface area contributed by atoms with E-state index >= 15 is 0 Å². The van der Waals surface area contributed by atoms with Gasteiger partial charge in [0.25, 0.3) is 0 Å². The quantitative estimate of drug-likeness (QED) is 0.940. The number of amides is 1. The first-order valence-corrected chi connectivity index (χ1v) is 9.16. The minimum atomic E-state index is 0.185. The first-order chi connectivity index (χ1) is 11.5. The molecule has 2 fully saturated rings. The molecule has 1 N–H and O–H groups in total. The third-order valence-corrected chi connectivity index (χ3v) is 5.87. The topological polar surface area (TPSA) is 59.3 Å². The molecule has 2 heterocycles. The van der Waals surface area contributed by atoms with Crippen LogP contribution in [0.3, 0.4) is 0 Å². The summed E-state index contributed by atoms with van der Waals surface area (Å²) in [5.74, 6) is 1.71. The van der Waals surface area contributed by atoms with E-state index in [9.17, 15) is 4.79 Å². The van der Waals surface area contributed by atoms with Gasteiger partial charge in [-0.25, -0.2) is 9.50 Å². The van der Waals surface area contributed by atoms with Crippen LogP contribution in [-0.2, 0) is 11.2 Å². The molecule has 5 heteroatoms. The number of aromatic nitrogens is 3. The van der Waals surface area contributed by atoms with E-state index in [-0.39, 0.29) is 5.91 Å². The van der Waals surface area contributed by atoms with Crippen LogP contribution in [0.2, 0.25) is 0 Å². The van der Waals surface area contributed by atoms with E-state index in [1.54, 1.807) is 0 Å². The van der Waals surface area contributed by atoms with Crippen molar-refractivity contribution in [3.8, 4) is 0 Å². The number of fused-ring (bicyclic) bond motifs is 2. The van der Waals surface area contributed by atoms with Crippen LogP contribution >= 0.6 is 0 Å². The lowest BCUT2D eigenvalue weighted by Gasteiger charge is -2.11. The summed E-state index contributed by atoms with van der Waals surface area (Å²) in [7, 11) is 0. The van der Waals surface area contributed by atoms with Gasteiger partial charge in [-0.3, -0.25) is 4.79 Å². The summed E-state index contributed by atoms with van der Waals surface area (Å²) in [6.45, 7) is 6.07. The van der Waals surface area contributed by atoms with Crippen molar-refractivity contribution in [3.05, 3.63) is 28.7 Å². The molecule has 5 nitrogen and oxygen atoms in total. The van der Waals surface area contributed by atoms with Gasteiger partial charge in [-0.05, 0) is 57.4 Å². The molecule has 0 bridgehead atoms. The van der Waals surface area contributed by atoms with Gasteiger partial charge in [-0.1, -0.05) is 12.8 Å². The maximum Gasteiger partial charge on any atom is 0.220 e. The summed E-state index contributed by atoms with van der Waals surface area (Å²) >= 11 is 0. The van der Waals surface area contributed by atoms with Crippen LogP contribution in [-0.4, -0.2) is 26.5 Å². The van der Waals surface area contributed by atoms with E-state index in [0.717, 1.165) is 46.5 Å². The fourth-order valence-corrected chi connectivity index (χ4v) is 4.51. The summed E-state index contributed by atoms with van der Waals surface area (Å²) in [6.07, 6.45) is 6.53. The van der Waals surface area contributed by atoms with Crippen molar-refractivity contribution < 1.29 is 4.79 Å². The highest BCUT2D eigenvalue weighted by atomic mass is 16.1. The monoisotopic (exact) mass is 326 g/mol. The highest BCUT2D eigenvalue weighted by Crippen LogP contribution is 2.49. The maximum absolute atomic E-state index is 12.3. The second-order valence-corrected chi connectivity index (χ2v) is 7.52. The first kappa shape index (κ1) is 15.6. The Kier molecular flexibility index (Phi) is 3.82.